The number of hydrogen-bond donors (Lipinski definition) is 1. The largest absolute Gasteiger partial charge is 0.449 e. The second kappa shape index (κ2) is 16.4. The van der Waals surface area contributed by atoms with Gasteiger partial charge in [0.1, 0.15) is 6.61 Å². The number of nitrogens with one attached hydrogen (secondary N) is 1. The van der Waals surface area contributed by atoms with Crippen LogP contribution in [0.15, 0.2) is 0 Å². The van der Waals surface area contributed by atoms with Crippen LogP contribution in [-0.2, 0) is 9.47 Å². The lowest BCUT2D eigenvalue weighted by Gasteiger charge is -2.05. The fourth-order valence-electron chi connectivity index (χ4n) is 0.558. The van der Waals surface area contributed by atoms with Crippen LogP contribution in [0.1, 0.15) is 13.8 Å². The highest BCUT2D eigenvalue weighted by Gasteiger charge is 1.99. The molecule has 0 saturated carbocycles. The lowest BCUT2D eigenvalue weighted by atomic mass is 10.7. The molecule has 0 radical (unpaired) electrons. The van der Waals surface area contributed by atoms with E-state index < -0.39 is 0 Å². The molecule has 1 N–H and O–H groups in total. The average molecular weight is 255 g/mol. The summed E-state index contributed by atoms with van der Waals surface area (Å²) in [6.45, 7) is 5.45. The number of ether oxygens (including phenoxy) is 2. The molecule has 1 amide bonds. The summed E-state index contributed by atoms with van der Waals surface area (Å²) in [5.41, 5.74) is 0. The molecule has 0 aromatic carbocycles. The van der Waals surface area contributed by atoms with Gasteiger partial charge in [-0.1, -0.05) is 35.4 Å². The maximum absolute atomic E-state index is 10.9. The van der Waals surface area contributed by atoms with Crippen LogP contribution < -0.4 is 5.32 Å². The molecule has 0 rings (SSSR count). The maximum Gasteiger partial charge on any atom is 0.407 e. The minimum atomic E-state index is -0.376. The van der Waals surface area contributed by atoms with Gasteiger partial charge in [0.05, 0.1) is 6.61 Å². The average Bonchev–Trinajstić information content (AvgIpc) is 2.28. The molecule has 0 spiro atoms. The van der Waals surface area contributed by atoms with E-state index in [0.717, 1.165) is 5.75 Å². The standard InChI is InChI=1S/C7H15NO3S2.C2H6/c1-10-4-3-8-7(9)11-5-6-13-12-2;1-2/h3-6H2,1-2H3,(H,8,9);1-2H3. The van der Waals surface area contributed by atoms with E-state index in [9.17, 15) is 4.79 Å². The van der Waals surface area contributed by atoms with E-state index in [1.165, 1.54) is 0 Å². The van der Waals surface area contributed by atoms with Crippen molar-refractivity contribution in [2.24, 2.45) is 0 Å². The van der Waals surface area contributed by atoms with Gasteiger partial charge < -0.3 is 14.8 Å². The van der Waals surface area contributed by atoms with Gasteiger partial charge in [0, 0.05) is 19.4 Å². The van der Waals surface area contributed by atoms with Crippen molar-refractivity contribution in [2.45, 2.75) is 13.8 Å². The van der Waals surface area contributed by atoms with Gasteiger partial charge in [-0.25, -0.2) is 4.79 Å². The van der Waals surface area contributed by atoms with Crippen LogP contribution in [0.4, 0.5) is 4.79 Å². The Morgan fingerprint density at radius 2 is 2.00 bits per heavy atom. The van der Waals surface area contributed by atoms with Crippen LogP contribution >= 0.6 is 21.6 Å². The van der Waals surface area contributed by atoms with Crippen molar-refractivity contribution in [3.05, 3.63) is 0 Å². The Labute approximate surface area is 100 Å². The van der Waals surface area contributed by atoms with Crippen molar-refractivity contribution >= 4 is 27.7 Å². The highest BCUT2D eigenvalue weighted by atomic mass is 33.1. The number of alkyl carbamates (subject to hydrolysis) is 1. The fourth-order valence-corrected chi connectivity index (χ4v) is 1.58. The van der Waals surface area contributed by atoms with Gasteiger partial charge in [0.25, 0.3) is 0 Å². The molecule has 0 bridgehead atoms. The van der Waals surface area contributed by atoms with Gasteiger partial charge in [-0.15, -0.1) is 0 Å². The Hall–Kier alpha value is -0.0700. The van der Waals surface area contributed by atoms with Gasteiger partial charge in [-0.2, -0.15) is 0 Å². The molecule has 15 heavy (non-hydrogen) atoms. The summed E-state index contributed by atoms with van der Waals surface area (Å²) in [6, 6.07) is 0. The molecule has 0 aliphatic carbocycles. The highest BCUT2D eigenvalue weighted by molar-refractivity contribution is 8.76. The van der Waals surface area contributed by atoms with E-state index in [2.05, 4.69) is 5.32 Å². The summed E-state index contributed by atoms with van der Waals surface area (Å²) in [4.78, 5) is 10.9. The first kappa shape index (κ1) is 17.3. The minimum Gasteiger partial charge on any atom is -0.449 e. The van der Waals surface area contributed by atoms with Crippen LogP contribution in [-0.4, -0.2) is 45.0 Å². The maximum atomic E-state index is 10.9. The zero-order chi connectivity index (χ0) is 11.9. The number of rotatable bonds is 7. The van der Waals surface area contributed by atoms with E-state index in [4.69, 9.17) is 9.47 Å². The summed E-state index contributed by atoms with van der Waals surface area (Å²) in [5, 5.41) is 2.56. The Bertz CT molecular complexity index is 137. The van der Waals surface area contributed by atoms with E-state index in [-0.39, 0.29) is 6.09 Å². The Kier molecular flexibility index (Phi) is 18.9. The summed E-state index contributed by atoms with van der Waals surface area (Å²) in [7, 11) is 4.91. The van der Waals surface area contributed by atoms with Crippen LogP contribution in [0.5, 0.6) is 0 Å². The van der Waals surface area contributed by atoms with Crippen molar-refractivity contribution in [1.82, 2.24) is 5.32 Å². The normalized spacial score (nSPS) is 8.80. The molecule has 0 heterocycles. The smallest absolute Gasteiger partial charge is 0.407 e. The highest BCUT2D eigenvalue weighted by Crippen LogP contribution is 2.15. The molecule has 6 heteroatoms. The molecule has 0 aromatic heterocycles. The third-order valence-electron chi connectivity index (χ3n) is 1.09. The summed E-state index contributed by atoms with van der Waals surface area (Å²) >= 11 is 0. The quantitative estimate of drug-likeness (QED) is 0.559. The molecule has 0 unspecified atom stereocenters. The lowest BCUT2D eigenvalue weighted by Crippen LogP contribution is -2.28. The number of carbonyl (C=O) groups is 1. The first-order valence-electron chi connectivity index (χ1n) is 4.86. The molecule has 0 atom stereocenters. The van der Waals surface area contributed by atoms with Crippen molar-refractivity contribution in [3.8, 4) is 0 Å². The number of amides is 1. The van der Waals surface area contributed by atoms with E-state index >= 15 is 0 Å². The van der Waals surface area contributed by atoms with Gasteiger partial charge >= 0.3 is 6.09 Å². The van der Waals surface area contributed by atoms with Crippen LogP contribution in [0.2, 0.25) is 0 Å². The summed E-state index contributed by atoms with van der Waals surface area (Å²) in [6.07, 6.45) is 1.61. The fraction of sp³-hybridized carbons (Fsp3) is 0.889. The Morgan fingerprint density at radius 3 is 2.53 bits per heavy atom. The third-order valence-corrected chi connectivity index (χ3v) is 2.87. The first-order chi connectivity index (χ1) is 7.31. The predicted molar refractivity (Wildman–Crippen MR) is 68.5 cm³/mol. The topological polar surface area (TPSA) is 47.6 Å². The monoisotopic (exact) mass is 255 g/mol. The van der Waals surface area contributed by atoms with E-state index in [1.54, 1.807) is 28.7 Å². The molecule has 0 aliphatic rings. The SMILES string of the molecule is CC.COCCNC(=O)OCCSSC. The van der Waals surface area contributed by atoms with E-state index in [0.29, 0.717) is 19.8 Å². The molecule has 0 aromatic rings. The van der Waals surface area contributed by atoms with Crippen molar-refractivity contribution < 1.29 is 14.3 Å². The van der Waals surface area contributed by atoms with Crippen LogP contribution in [0.3, 0.4) is 0 Å². The summed E-state index contributed by atoms with van der Waals surface area (Å²) < 4.78 is 9.61. The predicted octanol–water partition coefficient (Wildman–Crippen LogP) is 2.40. The molecule has 0 saturated heterocycles. The van der Waals surface area contributed by atoms with Crippen molar-refractivity contribution in [1.29, 1.82) is 0 Å². The van der Waals surface area contributed by atoms with Crippen LogP contribution in [0, 0.1) is 0 Å². The Morgan fingerprint density at radius 1 is 1.33 bits per heavy atom. The van der Waals surface area contributed by atoms with Crippen molar-refractivity contribution in [3.63, 3.8) is 0 Å². The van der Waals surface area contributed by atoms with Crippen molar-refractivity contribution in [2.75, 3.05) is 38.9 Å². The molecule has 92 valence electrons. The second-order valence-electron chi connectivity index (χ2n) is 2.04. The van der Waals surface area contributed by atoms with Gasteiger partial charge in [-0.05, 0) is 6.26 Å². The number of carbonyl (C=O) groups excluding carboxylic acids is 1. The zero-order valence-electron chi connectivity index (χ0n) is 9.87. The molecule has 4 nitrogen and oxygen atoms in total. The third kappa shape index (κ3) is 16.6. The van der Waals surface area contributed by atoms with Gasteiger partial charge in [0.2, 0.25) is 0 Å². The first-order valence-corrected chi connectivity index (χ1v) is 7.59. The summed E-state index contributed by atoms with van der Waals surface area (Å²) in [5.74, 6) is 0.818. The molecular formula is C9H21NO3S2. The second-order valence-corrected chi connectivity index (χ2v) is 4.73. The molecule has 0 aliphatic heterocycles. The van der Waals surface area contributed by atoms with Crippen LogP contribution in [0.25, 0.3) is 0 Å². The van der Waals surface area contributed by atoms with Gasteiger partial charge in [-0.3, -0.25) is 0 Å². The number of hydrogen-bond acceptors (Lipinski definition) is 5. The minimum absolute atomic E-state index is 0.376. The molecule has 0 fully saturated rings. The van der Waals surface area contributed by atoms with Gasteiger partial charge in [0.15, 0.2) is 0 Å². The number of methoxy groups -OCH3 is 1. The zero-order valence-corrected chi connectivity index (χ0v) is 11.5. The lowest BCUT2D eigenvalue weighted by molar-refractivity contribution is 0.145. The Balaban J connectivity index is 0. The van der Waals surface area contributed by atoms with E-state index in [1.807, 2.05) is 20.1 Å². The molecular weight excluding hydrogens is 234 g/mol.